The van der Waals surface area contributed by atoms with Crippen LogP contribution in [-0.4, -0.2) is 11.5 Å². The summed E-state index contributed by atoms with van der Waals surface area (Å²) in [7, 11) is 0. The first-order chi connectivity index (χ1) is 9.83. The van der Waals surface area contributed by atoms with Crippen molar-refractivity contribution in [2.24, 2.45) is 0 Å². The summed E-state index contributed by atoms with van der Waals surface area (Å²) in [6.45, 7) is 5.86. The number of nitrogens with zero attached hydrogens (tertiary/aromatic N) is 1. The van der Waals surface area contributed by atoms with Gasteiger partial charge in [-0.05, 0) is 36.7 Å². The Morgan fingerprint density at radius 1 is 1.15 bits per heavy atom. The molecule has 1 aromatic heterocycles. The fourth-order valence-electron chi connectivity index (χ4n) is 2.19. The lowest BCUT2D eigenvalue weighted by molar-refractivity contribution is 0.305. The lowest BCUT2D eigenvalue weighted by Crippen LogP contribution is -2.19. The molecule has 0 amide bonds. The van der Waals surface area contributed by atoms with Gasteiger partial charge < -0.3 is 10.1 Å². The molecule has 0 radical (unpaired) electrons. The number of nitrogens with one attached hydrogen (secondary N) is 1. The Bertz CT molecular complexity index is 496. The summed E-state index contributed by atoms with van der Waals surface area (Å²) < 4.78 is 5.76. The van der Waals surface area contributed by atoms with Crippen LogP contribution in [0.25, 0.3) is 0 Å². The van der Waals surface area contributed by atoms with Crippen LogP contribution in [0.4, 0.5) is 0 Å². The van der Waals surface area contributed by atoms with E-state index in [1.54, 1.807) is 6.20 Å². The number of pyridine rings is 1. The fraction of sp³-hybridized carbons (Fsp3) is 0.353. The van der Waals surface area contributed by atoms with Crippen molar-refractivity contribution in [3.05, 3.63) is 59.9 Å². The van der Waals surface area contributed by atoms with E-state index in [9.17, 15) is 0 Å². The highest BCUT2D eigenvalue weighted by atomic mass is 16.5. The largest absolute Gasteiger partial charge is 0.489 e. The predicted molar refractivity (Wildman–Crippen MR) is 81.7 cm³/mol. The first kappa shape index (κ1) is 14.5. The Kier molecular flexibility index (Phi) is 5.56. The normalized spacial score (nSPS) is 12.1. The maximum atomic E-state index is 5.76. The van der Waals surface area contributed by atoms with Gasteiger partial charge in [-0.15, -0.1) is 0 Å². The van der Waals surface area contributed by atoms with Crippen molar-refractivity contribution in [1.82, 2.24) is 10.3 Å². The number of hydrogen-bond acceptors (Lipinski definition) is 3. The van der Waals surface area contributed by atoms with Crippen LogP contribution in [0.2, 0.25) is 0 Å². The Hall–Kier alpha value is -1.87. The average molecular weight is 270 g/mol. The van der Waals surface area contributed by atoms with Gasteiger partial charge in [0.15, 0.2) is 0 Å². The molecule has 0 bridgehead atoms. The van der Waals surface area contributed by atoms with Gasteiger partial charge in [-0.3, -0.25) is 4.98 Å². The van der Waals surface area contributed by atoms with Crippen molar-refractivity contribution in [2.75, 3.05) is 6.54 Å². The van der Waals surface area contributed by atoms with E-state index in [1.165, 1.54) is 5.56 Å². The first-order valence-corrected chi connectivity index (χ1v) is 7.18. The predicted octanol–water partition coefficient (Wildman–Crippen LogP) is 3.72. The average Bonchev–Trinajstić information content (AvgIpc) is 2.52. The molecule has 0 aliphatic carbocycles. The summed E-state index contributed by atoms with van der Waals surface area (Å²) in [6, 6.07) is 12.7. The van der Waals surface area contributed by atoms with Crippen LogP contribution in [-0.2, 0) is 6.61 Å². The van der Waals surface area contributed by atoms with Crippen LogP contribution in [0, 0.1) is 0 Å². The number of rotatable bonds is 7. The molecular formula is C17H22N2O. The summed E-state index contributed by atoms with van der Waals surface area (Å²) in [5, 5.41) is 3.48. The van der Waals surface area contributed by atoms with Crippen molar-refractivity contribution in [3.63, 3.8) is 0 Å². The third kappa shape index (κ3) is 4.07. The summed E-state index contributed by atoms with van der Waals surface area (Å²) >= 11 is 0. The first-order valence-electron chi connectivity index (χ1n) is 7.18. The van der Waals surface area contributed by atoms with Gasteiger partial charge in [0.05, 0.1) is 0 Å². The maximum Gasteiger partial charge on any atom is 0.119 e. The van der Waals surface area contributed by atoms with E-state index >= 15 is 0 Å². The van der Waals surface area contributed by atoms with Crippen molar-refractivity contribution >= 4 is 0 Å². The van der Waals surface area contributed by atoms with Crippen molar-refractivity contribution in [3.8, 4) is 5.75 Å². The minimum absolute atomic E-state index is 0.423. The van der Waals surface area contributed by atoms with Crippen molar-refractivity contribution in [2.45, 2.75) is 32.9 Å². The summed E-state index contributed by atoms with van der Waals surface area (Å²) in [4.78, 5) is 4.08. The third-order valence-electron chi connectivity index (χ3n) is 3.27. The van der Waals surface area contributed by atoms with Crippen LogP contribution in [0.15, 0.2) is 48.8 Å². The molecule has 1 N–H and O–H groups in total. The molecular weight excluding hydrogens is 248 g/mol. The van der Waals surface area contributed by atoms with Crippen molar-refractivity contribution in [1.29, 1.82) is 0 Å². The molecule has 0 saturated heterocycles. The second-order valence-corrected chi connectivity index (χ2v) is 4.74. The molecule has 20 heavy (non-hydrogen) atoms. The van der Waals surface area contributed by atoms with E-state index < -0.39 is 0 Å². The standard InChI is InChI=1S/C17H22N2O/c1-3-17(19-4-2)15-7-9-16(10-8-15)20-13-14-6-5-11-18-12-14/h5-12,17,19H,3-4,13H2,1-2H3. The van der Waals surface area contributed by atoms with Gasteiger partial charge >= 0.3 is 0 Å². The smallest absolute Gasteiger partial charge is 0.119 e. The molecule has 1 atom stereocenters. The van der Waals surface area contributed by atoms with Crippen LogP contribution < -0.4 is 10.1 Å². The van der Waals surface area contributed by atoms with Gasteiger partial charge in [0.25, 0.3) is 0 Å². The maximum absolute atomic E-state index is 5.76. The topological polar surface area (TPSA) is 34.1 Å². The van der Waals surface area contributed by atoms with Gasteiger partial charge in [-0.1, -0.05) is 32.0 Å². The molecule has 2 rings (SSSR count). The molecule has 0 spiro atoms. The van der Waals surface area contributed by atoms with Crippen LogP contribution in [0.3, 0.4) is 0 Å². The molecule has 1 aromatic carbocycles. The van der Waals surface area contributed by atoms with Crippen LogP contribution >= 0.6 is 0 Å². The molecule has 0 aliphatic rings. The van der Waals surface area contributed by atoms with E-state index in [-0.39, 0.29) is 0 Å². The molecule has 3 heteroatoms. The Balaban J connectivity index is 1.94. The van der Waals surface area contributed by atoms with Gasteiger partial charge in [0, 0.05) is 24.0 Å². The van der Waals surface area contributed by atoms with Gasteiger partial charge in [-0.2, -0.15) is 0 Å². The highest BCUT2D eigenvalue weighted by molar-refractivity contribution is 5.29. The zero-order valence-corrected chi connectivity index (χ0v) is 12.2. The second-order valence-electron chi connectivity index (χ2n) is 4.74. The zero-order valence-electron chi connectivity index (χ0n) is 12.2. The van der Waals surface area contributed by atoms with E-state index in [0.717, 1.165) is 24.3 Å². The SMILES string of the molecule is CCNC(CC)c1ccc(OCc2cccnc2)cc1. The van der Waals surface area contributed by atoms with Crippen molar-refractivity contribution < 1.29 is 4.74 Å². The minimum atomic E-state index is 0.423. The summed E-state index contributed by atoms with van der Waals surface area (Å²) in [5.41, 5.74) is 2.39. The fourth-order valence-corrected chi connectivity index (χ4v) is 2.19. The second kappa shape index (κ2) is 7.65. The summed E-state index contributed by atoms with van der Waals surface area (Å²) in [6.07, 6.45) is 4.68. The van der Waals surface area contributed by atoms with E-state index in [2.05, 4.69) is 36.3 Å². The molecule has 0 aliphatic heterocycles. The minimum Gasteiger partial charge on any atom is -0.489 e. The number of benzene rings is 1. The molecule has 0 saturated carbocycles. The van der Waals surface area contributed by atoms with E-state index in [4.69, 9.17) is 4.74 Å². The van der Waals surface area contributed by atoms with Gasteiger partial charge in [0.2, 0.25) is 0 Å². The molecule has 106 valence electrons. The Morgan fingerprint density at radius 3 is 2.55 bits per heavy atom. The lowest BCUT2D eigenvalue weighted by Gasteiger charge is -2.16. The molecule has 1 heterocycles. The van der Waals surface area contributed by atoms with E-state index in [1.807, 2.05) is 30.5 Å². The molecule has 0 fully saturated rings. The monoisotopic (exact) mass is 270 g/mol. The van der Waals surface area contributed by atoms with Gasteiger partial charge in [-0.25, -0.2) is 0 Å². The lowest BCUT2D eigenvalue weighted by atomic mass is 10.0. The summed E-state index contributed by atoms with van der Waals surface area (Å²) in [5.74, 6) is 0.893. The van der Waals surface area contributed by atoms with Crippen LogP contribution in [0.1, 0.15) is 37.4 Å². The molecule has 3 nitrogen and oxygen atoms in total. The molecule has 2 aromatic rings. The number of ether oxygens (including phenoxy) is 1. The van der Waals surface area contributed by atoms with E-state index in [0.29, 0.717) is 12.6 Å². The number of hydrogen-bond donors (Lipinski definition) is 1. The molecule has 1 unspecified atom stereocenters. The quantitative estimate of drug-likeness (QED) is 0.832. The third-order valence-corrected chi connectivity index (χ3v) is 3.27. The highest BCUT2D eigenvalue weighted by Crippen LogP contribution is 2.20. The number of aromatic nitrogens is 1. The van der Waals surface area contributed by atoms with Gasteiger partial charge in [0.1, 0.15) is 12.4 Å². The Labute approximate surface area is 121 Å². The van der Waals surface area contributed by atoms with Crippen LogP contribution in [0.5, 0.6) is 5.75 Å². The highest BCUT2D eigenvalue weighted by Gasteiger charge is 2.07. The zero-order chi connectivity index (χ0) is 14.2. The Morgan fingerprint density at radius 2 is 1.95 bits per heavy atom.